The van der Waals surface area contributed by atoms with Gasteiger partial charge in [-0.2, -0.15) is 0 Å². The van der Waals surface area contributed by atoms with Crippen LogP contribution in [-0.4, -0.2) is 59.3 Å². The van der Waals surface area contributed by atoms with Gasteiger partial charge in [-0.05, 0) is 49.7 Å². The number of pyridine rings is 1. The van der Waals surface area contributed by atoms with Crippen molar-refractivity contribution in [1.29, 1.82) is 0 Å². The number of piperidine rings is 1. The van der Waals surface area contributed by atoms with E-state index in [2.05, 4.69) is 15.2 Å². The summed E-state index contributed by atoms with van der Waals surface area (Å²) in [5, 5.41) is 24.6. The molecule has 1 fully saturated rings. The quantitative estimate of drug-likeness (QED) is 0.298. The van der Waals surface area contributed by atoms with Gasteiger partial charge in [-0.1, -0.05) is 18.6 Å². The van der Waals surface area contributed by atoms with Gasteiger partial charge < -0.3 is 30.2 Å². The lowest BCUT2D eigenvalue weighted by atomic mass is 10.0. The molecule has 2 heterocycles. The van der Waals surface area contributed by atoms with Crippen molar-refractivity contribution in [3.8, 4) is 11.5 Å². The minimum Gasteiger partial charge on any atom is -0.506 e. The molecular weight excluding hydrogens is 496 g/mol. The normalized spacial score (nSPS) is 15.0. The molecule has 1 unspecified atom stereocenters. The van der Waals surface area contributed by atoms with E-state index >= 15 is 0 Å². The molecule has 3 aromatic rings. The van der Waals surface area contributed by atoms with Crippen molar-refractivity contribution < 1.29 is 19.7 Å². The highest BCUT2D eigenvalue weighted by Gasteiger charge is 2.19. The Kier molecular flexibility index (Phi) is 9.04. The minimum absolute atomic E-state index is 0.0558. The molecule has 2 aromatic carbocycles. The first-order valence-corrected chi connectivity index (χ1v) is 12.8. The largest absolute Gasteiger partial charge is 0.506 e. The lowest BCUT2D eigenvalue weighted by Crippen LogP contribution is -2.33. The van der Waals surface area contributed by atoms with Crippen LogP contribution < -0.4 is 20.0 Å². The lowest BCUT2D eigenvalue weighted by molar-refractivity contribution is -0.117. The zero-order valence-electron chi connectivity index (χ0n) is 20.9. The maximum atomic E-state index is 12.6. The maximum absolute atomic E-state index is 12.6. The van der Waals surface area contributed by atoms with Gasteiger partial charge in [0.15, 0.2) is 0 Å². The minimum atomic E-state index is -0.880. The predicted octanol–water partition coefficient (Wildman–Crippen LogP) is 3.43. The summed E-state index contributed by atoms with van der Waals surface area (Å²) in [4.78, 5) is 29.2. The van der Waals surface area contributed by atoms with Crippen molar-refractivity contribution in [3.63, 3.8) is 0 Å². The van der Waals surface area contributed by atoms with Gasteiger partial charge in [0.05, 0.1) is 24.4 Å². The molecule has 198 valence electrons. The highest BCUT2D eigenvalue weighted by Crippen LogP contribution is 2.30. The second-order valence-corrected chi connectivity index (χ2v) is 9.59. The first-order valence-electron chi connectivity index (χ1n) is 12.5. The molecule has 4 N–H and O–H groups in total. The van der Waals surface area contributed by atoms with E-state index in [0.717, 1.165) is 23.1 Å². The van der Waals surface area contributed by atoms with Gasteiger partial charge in [0.1, 0.15) is 11.5 Å². The van der Waals surface area contributed by atoms with E-state index in [4.69, 9.17) is 16.5 Å². The Hall–Kier alpha value is -3.11. The second-order valence-electron chi connectivity index (χ2n) is 9.25. The molecule has 0 aliphatic carbocycles. The summed E-state index contributed by atoms with van der Waals surface area (Å²) in [6, 6.07) is 11.4. The molecule has 1 aliphatic rings. The average molecular weight is 529 g/mol. The number of aromatic amines is 1. The second kappa shape index (κ2) is 12.4. The Morgan fingerprint density at radius 2 is 1.97 bits per heavy atom. The number of phenolic OH excluding ortho intramolecular Hbond substituents is 1. The number of aromatic hydroxyl groups is 1. The average Bonchev–Trinajstić information content (AvgIpc) is 2.92. The molecule has 1 saturated heterocycles. The van der Waals surface area contributed by atoms with Crippen molar-refractivity contribution in [1.82, 2.24) is 15.2 Å². The van der Waals surface area contributed by atoms with E-state index in [0.29, 0.717) is 41.9 Å². The predicted molar refractivity (Wildman–Crippen MR) is 144 cm³/mol. The molecule has 0 bridgehead atoms. The van der Waals surface area contributed by atoms with Crippen LogP contribution in [-0.2, 0) is 11.3 Å². The number of H-pyrrole nitrogens is 1. The smallest absolute Gasteiger partial charge is 0.248 e. The third kappa shape index (κ3) is 6.61. The van der Waals surface area contributed by atoms with Crippen LogP contribution in [0.4, 0.5) is 5.69 Å². The summed E-state index contributed by atoms with van der Waals surface area (Å²) in [5.41, 5.74) is 1.92. The van der Waals surface area contributed by atoms with Crippen LogP contribution in [0.15, 0.2) is 47.3 Å². The number of aromatic nitrogens is 1. The number of ether oxygens (including phenoxy) is 1. The van der Waals surface area contributed by atoms with Crippen LogP contribution in [0, 0.1) is 0 Å². The standard InChI is InChI=1S/C27H33ClN4O5/c1-37-24-15-19(32(28)26(36)11-14-31-12-3-2-4-13-31)6-5-18(24)16-29-17-23(34)20-7-9-22(33)27-21(20)8-10-25(35)30-27/h5-10,15,23,29,33-34H,2-4,11-14,16-17H2,1H3,(H,30,35). The Balaban J connectivity index is 1.36. The zero-order valence-corrected chi connectivity index (χ0v) is 21.6. The molecule has 1 atom stereocenters. The number of aliphatic hydroxyl groups excluding tert-OH is 1. The summed E-state index contributed by atoms with van der Waals surface area (Å²) in [6.07, 6.45) is 3.08. The lowest BCUT2D eigenvalue weighted by Gasteiger charge is -2.26. The van der Waals surface area contributed by atoms with Gasteiger partial charge in [-0.15, -0.1) is 0 Å². The van der Waals surface area contributed by atoms with Gasteiger partial charge in [-0.3, -0.25) is 9.59 Å². The zero-order chi connectivity index (χ0) is 26.4. The van der Waals surface area contributed by atoms with Gasteiger partial charge >= 0.3 is 0 Å². The Morgan fingerprint density at radius 1 is 1.19 bits per heavy atom. The van der Waals surface area contributed by atoms with Crippen molar-refractivity contribution >= 4 is 34.3 Å². The number of nitrogens with one attached hydrogen (secondary N) is 2. The van der Waals surface area contributed by atoms with E-state index in [-0.39, 0.29) is 29.3 Å². The molecule has 10 heteroatoms. The Morgan fingerprint density at radius 3 is 2.73 bits per heavy atom. The molecule has 37 heavy (non-hydrogen) atoms. The number of likely N-dealkylation sites (tertiary alicyclic amines) is 1. The summed E-state index contributed by atoms with van der Waals surface area (Å²) in [5.74, 6) is 0.354. The number of hydrogen-bond acceptors (Lipinski definition) is 7. The van der Waals surface area contributed by atoms with Crippen LogP contribution in [0.1, 0.15) is 42.9 Å². The number of aliphatic hydroxyl groups is 1. The van der Waals surface area contributed by atoms with Crippen LogP contribution in [0.5, 0.6) is 11.5 Å². The van der Waals surface area contributed by atoms with Gasteiger partial charge in [-0.25, -0.2) is 4.42 Å². The van der Waals surface area contributed by atoms with Gasteiger partial charge in [0.2, 0.25) is 11.5 Å². The first kappa shape index (κ1) is 26.9. The molecule has 0 spiro atoms. The highest BCUT2D eigenvalue weighted by atomic mass is 35.5. The number of nitrogens with zero attached hydrogens (tertiary/aromatic N) is 2. The summed E-state index contributed by atoms with van der Waals surface area (Å²) in [6.45, 7) is 3.39. The third-order valence-electron chi connectivity index (χ3n) is 6.73. The molecule has 1 aliphatic heterocycles. The topological polar surface area (TPSA) is 118 Å². The number of rotatable bonds is 10. The number of methoxy groups -OCH3 is 1. The fourth-order valence-electron chi connectivity index (χ4n) is 4.68. The van der Waals surface area contributed by atoms with Crippen molar-refractivity contribution in [2.24, 2.45) is 0 Å². The molecule has 0 radical (unpaired) electrons. The van der Waals surface area contributed by atoms with E-state index in [9.17, 15) is 19.8 Å². The fourth-order valence-corrected chi connectivity index (χ4v) is 4.87. The highest BCUT2D eigenvalue weighted by molar-refractivity contribution is 6.36. The summed E-state index contributed by atoms with van der Waals surface area (Å²) < 4.78 is 6.67. The summed E-state index contributed by atoms with van der Waals surface area (Å²) >= 11 is 6.36. The monoisotopic (exact) mass is 528 g/mol. The van der Waals surface area contributed by atoms with Gasteiger partial charge in [0, 0.05) is 60.9 Å². The number of carbonyl (C=O) groups excluding carboxylic acids is 1. The number of phenols is 1. The van der Waals surface area contributed by atoms with Gasteiger partial charge in [0.25, 0.3) is 0 Å². The van der Waals surface area contributed by atoms with E-state index in [1.807, 2.05) is 6.07 Å². The Labute approximate surface area is 220 Å². The van der Waals surface area contributed by atoms with Crippen LogP contribution in [0.2, 0.25) is 0 Å². The maximum Gasteiger partial charge on any atom is 0.248 e. The van der Waals surface area contributed by atoms with Crippen molar-refractivity contribution in [2.75, 3.05) is 37.7 Å². The van der Waals surface area contributed by atoms with E-state index < -0.39 is 6.10 Å². The van der Waals surface area contributed by atoms with E-state index in [1.165, 1.54) is 31.4 Å². The molecule has 4 rings (SSSR count). The van der Waals surface area contributed by atoms with E-state index in [1.54, 1.807) is 31.4 Å². The van der Waals surface area contributed by atoms with Crippen molar-refractivity contribution in [3.05, 3.63) is 63.9 Å². The van der Waals surface area contributed by atoms with Crippen molar-refractivity contribution in [2.45, 2.75) is 38.3 Å². The molecule has 0 saturated carbocycles. The number of halogens is 1. The number of benzene rings is 2. The molecular formula is C27H33ClN4O5. The van der Waals surface area contributed by atoms with Crippen LogP contribution >= 0.6 is 11.8 Å². The first-order chi connectivity index (χ1) is 17.9. The van der Waals surface area contributed by atoms with Crippen LogP contribution in [0.25, 0.3) is 10.9 Å². The number of amides is 1. The summed E-state index contributed by atoms with van der Waals surface area (Å²) in [7, 11) is 1.55. The van der Waals surface area contributed by atoms with Crippen LogP contribution in [0.3, 0.4) is 0 Å². The third-order valence-corrected chi connectivity index (χ3v) is 7.11. The fraction of sp³-hybridized carbons (Fsp3) is 0.407. The number of hydrogen-bond donors (Lipinski definition) is 4. The SMILES string of the molecule is COc1cc(N(Cl)C(=O)CCN2CCCCC2)ccc1CNCC(O)c1ccc(O)c2[nH]c(=O)ccc12. The Bertz CT molecular complexity index is 1290. The number of anilines is 1. The molecule has 1 amide bonds. The number of fused-ring (bicyclic) bond motifs is 1. The molecule has 9 nitrogen and oxygen atoms in total. The molecule has 1 aromatic heterocycles. The number of carbonyl (C=O) groups is 1.